The van der Waals surface area contributed by atoms with E-state index >= 15 is 0 Å². The van der Waals surface area contributed by atoms with Gasteiger partial charge in [0, 0.05) is 0 Å². The van der Waals surface area contributed by atoms with E-state index in [0.717, 1.165) is 17.8 Å². The zero-order chi connectivity index (χ0) is 15.3. The van der Waals surface area contributed by atoms with E-state index in [1.807, 2.05) is 6.92 Å². The Balaban J connectivity index is 3.19. The average molecular weight is 315 g/mol. The molecule has 0 aliphatic rings. The number of hydrogen-bond donors (Lipinski definition) is 1. The fraction of sp³-hybridized carbons (Fsp3) is 0.462. The van der Waals surface area contributed by atoms with E-state index in [2.05, 4.69) is 15.4 Å². The van der Waals surface area contributed by atoms with Crippen molar-refractivity contribution < 1.29 is 17.9 Å². The maximum absolute atomic E-state index is 12.4. The number of methoxy groups -OCH3 is 1. The molecule has 5 nitrogen and oxygen atoms in total. The fourth-order valence-electron chi connectivity index (χ4n) is 1.71. The van der Waals surface area contributed by atoms with E-state index in [1.54, 1.807) is 12.3 Å². The molecule has 1 atom stereocenters. The molecule has 0 fully saturated rings. The van der Waals surface area contributed by atoms with Gasteiger partial charge in [0.05, 0.1) is 13.2 Å². The van der Waals surface area contributed by atoms with Crippen molar-refractivity contribution in [2.45, 2.75) is 37.6 Å². The Morgan fingerprint density at radius 3 is 2.75 bits per heavy atom. The lowest BCUT2D eigenvalue weighted by molar-refractivity contribution is 0.0602. The van der Waals surface area contributed by atoms with Gasteiger partial charge in [-0.1, -0.05) is 19.3 Å². The third-order valence-electron chi connectivity index (χ3n) is 2.63. The van der Waals surface area contributed by atoms with Gasteiger partial charge in [-0.25, -0.2) is 13.2 Å². The molecule has 0 saturated carbocycles. The normalized spacial score (nSPS) is 12.7. The van der Waals surface area contributed by atoms with Crippen LogP contribution in [0.2, 0.25) is 0 Å². The predicted octanol–water partition coefficient (Wildman–Crippen LogP) is 1.92. The summed E-state index contributed by atoms with van der Waals surface area (Å²) in [5, 5.41) is 1.60. The first-order valence-corrected chi connectivity index (χ1v) is 8.38. The highest BCUT2D eigenvalue weighted by Gasteiger charge is 2.28. The summed E-state index contributed by atoms with van der Waals surface area (Å²) in [5.74, 6) is 1.73. The number of sulfonamides is 1. The molecule has 20 heavy (non-hydrogen) atoms. The van der Waals surface area contributed by atoms with Crippen molar-refractivity contribution in [3.8, 4) is 12.3 Å². The lowest BCUT2D eigenvalue weighted by Gasteiger charge is -2.13. The fourth-order valence-corrected chi connectivity index (χ4v) is 4.61. The Morgan fingerprint density at radius 2 is 2.25 bits per heavy atom. The first kappa shape index (κ1) is 16.7. The minimum atomic E-state index is -3.85. The van der Waals surface area contributed by atoms with Crippen molar-refractivity contribution in [2.24, 2.45) is 0 Å². The second-order valence-corrected chi connectivity index (χ2v) is 6.73. The molecule has 1 rings (SSSR count). The third-order valence-corrected chi connectivity index (χ3v) is 5.50. The van der Waals surface area contributed by atoms with Gasteiger partial charge in [-0.15, -0.1) is 17.8 Å². The summed E-state index contributed by atoms with van der Waals surface area (Å²) in [6.45, 7) is 3.54. The second kappa shape index (κ2) is 6.88. The van der Waals surface area contributed by atoms with Gasteiger partial charge >= 0.3 is 5.97 Å². The number of aryl methyl sites for hydroxylation is 1. The van der Waals surface area contributed by atoms with Crippen LogP contribution in [0.3, 0.4) is 0 Å². The Labute approximate surface area is 123 Å². The van der Waals surface area contributed by atoms with Gasteiger partial charge < -0.3 is 4.74 Å². The molecular weight excluding hydrogens is 298 g/mol. The number of nitrogens with one attached hydrogen (secondary N) is 1. The highest BCUT2D eigenvalue weighted by molar-refractivity contribution is 7.89. The van der Waals surface area contributed by atoms with Crippen LogP contribution in [0, 0.1) is 19.3 Å². The predicted molar refractivity (Wildman–Crippen MR) is 78.2 cm³/mol. The van der Waals surface area contributed by atoms with E-state index in [1.165, 1.54) is 7.11 Å². The van der Waals surface area contributed by atoms with Crippen molar-refractivity contribution in [3.05, 3.63) is 15.8 Å². The minimum absolute atomic E-state index is 0.0503. The van der Waals surface area contributed by atoms with Gasteiger partial charge in [0.2, 0.25) is 10.0 Å². The first-order valence-electron chi connectivity index (χ1n) is 6.02. The number of esters is 1. The molecule has 0 saturated heterocycles. The number of thiophene rings is 1. The zero-order valence-electron chi connectivity index (χ0n) is 11.6. The molecule has 1 aromatic heterocycles. The highest BCUT2D eigenvalue weighted by atomic mass is 32.2. The molecule has 0 amide bonds. The van der Waals surface area contributed by atoms with Crippen LogP contribution >= 0.6 is 11.3 Å². The average Bonchev–Trinajstić information content (AvgIpc) is 2.79. The molecular formula is C13H17NO4S2. The summed E-state index contributed by atoms with van der Waals surface area (Å²) in [4.78, 5) is 11.6. The van der Waals surface area contributed by atoms with Crippen LogP contribution in [0.5, 0.6) is 0 Å². The van der Waals surface area contributed by atoms with Crippen LogP contribution in [-0.4, -0.2) is 27.5 Å². The lowest BCUT2D eigenvalue weighted by atomic mass is 10.2. The SMILES string of the molecule is C#CC(CCC)NS(=O)(=O)c1c(C)csc1C(=O)OC. The van der Waals surface area contributed by atoms with E-state index in [9.17, 15) is 13.2 Å². The van der Waals surface area contributed by atoms with Crippen LogP contribution in [0.25, 0.3) is 0 Å². The number of ether oxygens (including phenoxy) is 1. The highest BCUT2D eigenvalue weighted by Crippen LogP contribution is 2.27. The van der Waals surface area contributed by atoms with Crippen molar-refractivity contribution >= 4 is 27.3 Å². The summed E-state index contributed by atoms with van der Waals surface area (Å²) in [6, 6.07) is -0.588. The van der Waals surface area contributed by atoms with Crippen LogP contribution in [0.4, 0.5) is 0 Å². The summed E-state index contributed by atoms with van der Waals surface area (Å²) < 4.78 is 31.8. The molecule has 1 unspecified atom stereocenters. The topological polar surface area (TPSA) is 72.5 Å². The van der Waals surface area contributed by atoms with Crippen molar-refractivity contribution in [2.75, 3.05) is 7.11 Å². The third kappa shape index (κ3) is 3.60. The largest absolute Gasteiger partial charge is 0.465 e. The maximum atomic E-state index is 12.4. The smallest absolute Gasteiger partial charge is 0.349 e. The number of rotatable bonds is 6. The standard InChI is InChI=1S/C13H17NO4S2/c1-5-7-10(6-2)14-20(16,17)12-9(3)8-19-11(12)13(15)18-4/h2,8,10,14H,5,7H2,1,3-4H3. The summed E-state index contributed by atoms with van der Waals surface area (Å²) >= 11 is 1.04. The molecule has 0 bridgehead atoms. The van der Waals surface area contributed by atoms with E-state index in [0.29, 0.717) is 12.0 Å². The monoisotopic (exact) mass is 315 g/mol. The van der Waals surface area contributed by atoms with Gasteiger partial charge in [-0.05, 0) is 24.3 Å². The molecule has 0 radical (unpaired) electrons. The van der Waals surface area contributed by atoms with Gasteiger partial charge in [0.1, 0.15) is 9.77 Å². The Hall–Kier alpha value is -1.36. The summed E-state index contributed by atoms with van der Waals surface area (Å²) in [5.41, 5.74) is 0.496. The summed E-state index contributed by atoms with van der Waals surface area (Å²) in [6.07, 6.45) is 6.60. The van der Waals surface area contributed by atoms with Crippen molar-refractivity contribution in [1.29, 1.82) is 0 Å². The molecule has 0 aliphatic heterocycles. The van der Waals surface area contributed by atoms with E-state index in [-0.39, 0.29) is 9.77 Å². The summed E-state index contributed by atoms with van der Waals surface area (Å²) in [7, 11) is -2.64. The van der Waals surface area contributed by atoms with Crippen molar-refractivity contribution in [1.82, 2.24) is 4.72 Å². The molecule has 0 aliphatic carbocycles. The number of hydrogen-bond acceptors (Lipinski definition) is 5. The van der Waals surface area contributed by atoms with Gasteiger partial charge in [0.15, 0.2) is 0 Å². The van der Waals surface area contributed by atoms with E-state index < -0.39 is 22.0 Å². The first-order chi connectivity index (χ1) is 9.37. The van der Waals surface area contributed by atoms with Crippen LogP contribution < -0.4 is 4.72 Å². The molecule has 7 heteroatoms. The molecule has 110 valence electrons. The van der Waals surface area contributed by atoms with Gasteiger partial charge in [-0.2, -0.15) is 4.72 Å². The van der Waals surface area contributed by atoms with Gasteiger partial charge in [0.25, 0.3) is 0 Å². The quantitative estimate of drug-likeness (QED) is 0.643. The lowest BCUT2D eigenvalue weighted by Crippen LogP contribution is -2.34. The zero-order valence-corrected chi connectivity index (χ0v) is 13.2. The molecule has 1 heterocycles. The van der Waals surface area contributed by atoms with Crippen LogP contribution in [-0.2, 0) is 14.8 Å². The Morgan fingerprint density at radius 1 is 1.60 bits per heavy atom. The second-order valence-electron chi connectivity index (χ2n) is 4.20. The number of carbonyl (C=O) groups is 1. The number of carbonyl (C=O) groups excluding carboxylic acids is 1. The molecule has 1 N–H and O–H groups in total. The molecule has 0 aromatic carbocycles. The van der Waals surface area contributed by atoms with Gasteiger partial charge in [-0.3, -0.25) is 0 Å². The molecule has 1 aromatic rings. The Kier molecular flexibility index (Phi) is 5.74. The van der Waals surface area contributed by atoms with Crippen LogP contribution in [0.15, 0.2) is 10.3 Å². The number of terminal acetylenes is 1. The minimum Gasteiger partial charge on any atom is -0.465 e. The van der Waals surface area contributed by atoms with E-state index in [4.69, 9.17) is 6.42 Å². The van der Waals surface area contributed by atoms with Crippen LogP contribution in [0.1, 0.15) is 35.0 Å². The Bertz CT molecular complexity index is 625. The maximum Gasteiger partial charge on any atom is 0.349 e. The van der Waals surface area contributed by atoms with Crippen molar-refractivity contribution in [3.63, 3.8) is 0 Å². The molecule has 0 spiro atoms.